The van der Waals surface area contributed by atoms with E-state index in [0.717, 1.165) is 31.9 Å². The van der Waals surface area contributed by atoms with E-state index in [-0.39, 0.29) is 48.0 Å². The van der Waals surface area contributed by atoms with Gasteiger partial charge in [-0.25, -0.2) is 4.79 Å². The van der Waals surface area contributed by atoms with Crippen molar-refractivity contribution >= 4 is 23.6 Å². The minimum absolute atomic E-state index is 0.128. The van der Waals surface area contributed by atoms with E-state index in [1.165, 1.54) is 25.9 Å². The number of aliphatic hydroxyl groups excluding tert-OH is 1. The van der Waals surface area contributed by atoms with Crippen LogP contribution in [0.15, 0.2) is 95.2 Å². The number of amides is 2. The number of hydrogen-bond acceptors (Lipinski definition) is 12. The van der Waals surface area contributed by atoms with Gasteiger partial charge in [0.15, 0.2) is 6.10 Å². The number of nitrogens with zero attached hydrogens (tertiary/aromatic N) is 3. The summed E-state index contributed by atoms with van der Waals surface area (Å²) in [6, 6.07) is 7.87. The van der Waals surface area contributed by atoms with Gasteiger partial charge in [0, 0.05) is 56.6 Å². The Morgan fingerprint density at radius 1 is 1.09 bits per heavy atom. The molecule has 1 aliphatic heterocycles. The van der Waals surface area contributed by atoms with Crippen LogP contribution < -0.4 is 21.1 Å². The zero-order valence-corrected chi connectivity index (χ0v) is 33.6. The van der Waals surface area contributed by atoms with Crippen molar-refractivity contribution in [3.63, 3.8) is 0 Å². The Kier molecular flexibility index (Phi) is 17.0. The van der Waals surface area contributed by atoms with Gasteiger partial charge in [-0.3, -0.25) is 19.1 Å². The largest absolute Gasteiger partial charge is 0.492 e. The van der Waals surface area contributed by atoms with Crippen molar-refractivity contribution in [3.05, 3.63) is 101 Å². The highest BCUT2D eigenvalue weighted by atomic mass is 16.6. The molecule has 0 radical (unpaired) electrons. The van der Waals surface area contributed by atoms with Crippen LogP contribution in [0.3, 0.4) is 0 Å². The molecule has 5 N–H and O–H groups in total. The summed E-state index contributed by atoms with van der Waals surface area (Å²) < 4.78 is 24.5. The predicted octanol–water partition coefficient (Wildman–Crippen LogP) is 4.05. The Bertz CT molecular complexity index is 1850. The number of benzene rings is 1. The molecule has 57 heavy (non-hydrogen) atoms. The maximum absolute atomic E-state index is 14.0. The first-order chi connectivity index (χ1) is 27.3. The lowest BCUT2D eigenvalue weighted by Crippen LogP contribution is -2.38. The van der Waals surface area contributed by atoms with Gasteiger partial charge in [-0.15, -0.1) is 5.10 Å². The maximum atomic E-state index is 14.0. The van der Waals surface area contributed by atoms with Gasteiger partial charge in [0.1, 0.15) is 18.5 Å². The number of primary amides is 1. The summed E-state index contributed by atoms with van der Waals surface area (Å²) in [7, 11) is 2.93. The average molecular weight is 789 g/mol. The third-order valence-corrected chi connectivity index (χ3v) is 9.96. The molecule has 4 rings (SSSR count). The second-order valence-corrected chi connectivity index (χ2v) is 14.5. The fourth-order valence-corrected chi connectivity index (χ4v) is 6.83. The number of unbranched alkanes of at least 4 members (excludes halogenated alkanes) is 1. The summed E-state index contributed by atoms with van der Waals surface area (Å²) in [5.41, 5.74) is 7.58. The highest BCUT2D eigenvalue weighted by Crippen LogP contribution is 2.29. The molecule has 2 amide bonds. The maximum Gasteiger partial charge on any atom is 0.405 e. The van der Waals surface area contributed by atoms with Crippen LogP contribution in [0.2, 0.25) is 0 Å². The molecule has 1 aliphatic carbocycles. The zero-order valence-electron chi connectivity index (χ0n) is 33.6. The number of aliphatic hydroxyl groups is 1. The number of aromatic nitrogens is 3. The Morgan fingerprint density at radius 3 is 2.51 bits per heavy atom. The van der Waals surface area contributed by atoms with Crippen molar-refractivity contribution in [2.75, 3.05) is 27.4 Å². The number of fused-ring (bicyclic) bond motifs is 2. The number of allylic oxidation sites excluding steroid dienone is 4. The molecule has 0 saturated heterocycles. The van der Waals surface area contributed by atoms with Crippen molar-refractivity contribution in [2.24, 2.45) is 17.6 Å². The van der Waals surface area contributed by atoms with E-state index in [9.17, 15) is 24.3 Å². The first-order valence-corrected chi connectivity index (χ1v) is 19.2. The summed E-state index contributed by atoms with van der Waals surface area (Å²) >= 11 is 0. The molecule has 15 nitrogen and oxygen atoms in total. The lowest BCUT2D eigenvalue weighted by atomic mass is 9.85. The van der Waals surface area contributed by atoms with Crippen molar-refractivity contribution in [2.45, 2.75) is 90.8 Å². The fourth-order valence-electron chi connectivity index (χ4n) is 6.83. The van der Waals surface area contributed by atoms with Crippen molar-refractivity contribution in [3.8, 4) is 5.75 Å². The number of carbonyl (C=O) groups is 4. The van der Waals surface area contributed by atoms with E-state index in [0.29, 0.717) is 17.7 Å². The molecule has 308 valence electrons. The van der Waals surface area contributed by atoms with E-state index >= 15 is 0 Å². The van der Waals surface area contributed by atoms with Gasteiger partial charge < -0.3 is 40.4 Å². The fraction of sp³-hybridized carbons (Fsp3) is 0.476. The monoisotopic (exact) mass is 788 g/mol. The smallest absolute Gasteiger partial charge is 0.405 e. The number of nitrogens with two attached hydrogens (primary N) is 1. The number of hydrogen-bond donors (Lipinski definition) is 4. The summed E-state index contributed by atoms with van der Waals surface area (Å²) in [6.45, 7) is 8.26. The van der Waals surface area contributed by atoms with Crippen LogP contribution >= 0.6 is 0 Å². The Morgan fingerprint density at radius 2 is 1.84 bits per heavy atom. The Balaban J connectivity index is 1.51. The molecule has 2 aliphatic rings. The number of Topliss-reactive ketones (excluding diaryl/α,β-unsaturated/α-hetero) is 1. The molecular weight excluding hydrogens is 732 g/mol. The van der Waals surface area contributed by atoms with Gasteiger partial charge in [-0.05, 0) is 75.1 Å². The number of carbonyl (C=O) groups excluding carboxylic acids is 4. The molecule has 1 aromatic carbocycles. The lowest BCUT2D eigenvalue weighted by molar-refractivity contribution is -0.120. The van der Waals surface area contributed by atoms with E-state index in [1.807, 2.05) is 42.1 Å². The van der Waals surface area contributed by atoms with Crippen LogP contribution in [0.5, 0.6) is 5.75 Å². The normalized spacial score (nSPS) is 26.4. The first kappa shape index (κ1) is 44.3. The van der Waals surface area contributed by atoms with E-state index in [1.54, 1.807) is 45.2 Å². The van der Waals surface area contributed by atoms with Crippen LogP contribution in [0, 0.1) is 11.8 Å². The van der Waals surface area contributed by atoms with Crippen molar-refractivity contribution in [1.29, 1.82) is 0 Å². The highest BCUT2D eigenvalue weighted by molar-refractivity contribution is 6.23. The average Bonchev–Trinajstić information content (AvgIpc) is 3.71. The molecule has 2 bridgehead atoms. The summed E-state index contributed by atoms with van der Waals surface area (Å²) in [4.78, 5) is 52.7. The molecule has 0 unspecified atom stereocenters. The van der Waals surface area contributed by atoms with Gasteiger partial charge in [0.05, 0.1) is 29.8 Å². The molecule has 0 saturated carbocycles. The molecular formula is C42H56N6O9. The van der Waals surface area contributed by atoms with Gasteiger partial charge >= 0.3 is 6.09 Å². The van der Waals surface area contributed by atoms with Crippen LogP contribution in [0.1, 0.15) is 58.9 Å². The Hall–Kier alpha value is -5.38. The summed E-state index contributed by atoms with van der Waals surface area (Å²) in [5.74, 6) is -1.60. The standard InChI is InChI=1S/C42H56N6O9/c1-26-22-32-37(44-18-21-56-31-15-13-30(14-16-31)11-7-8-19-48-20-17-45-47-48)34(49)25-33(39(32)51)46-41(52)27(2)10-9-12-35(54-5)40(57-42(43)53)29(4)24-28(3)38(50)36(23-26)55-6/h9-10,12-17,20,24-26,28,35-36,38,40,44,50H,7-8,11,18-19,21-23H2,1-6H3,(H2,43,53)(H,46,52)/b12-9-,27-10+,29-24+/t26-,28+,35+,36+,38-,40+/m1/s1. The van der Waals surface area contributed by atoms with Crippen LogP contribution in [0.4, 0.5) is 4.79 Å². The second-order valence-electron chi connectivity index (χ2n) is 14.5. The number of rotatable bonds is 13. The van der Waals surface area contributed by atoms with E-state index in [2.05, 4.69) is 20.9 Å². The third kappa shape index (κ3) is 13.1. The third-order valence-electron chi connectivity index (χ3n) is 9.96. The van der Waals surface area contributed by atoms with Gasteiger partial charge in [-0.2, -0.15) is 0 Å². The SMILES string of the molecule is CO[C@H]1/C=C\C=C(/C)C(=O)NC2=CC(=O)C(NCCOc3ccc(CCCCn4ccnn4)cc3)=C(C[C@@H](C)C[C@H](OC)[C@H](O)[C@@H](C)/C=C(\C)[C@@H]1OC(N)=O)C2=O. The summed E-state index contributed by atoms with van der Waals surface area (Å²) in [6.07, 6.45) is 10.1. The quantitative estimate of drug-likeness (QED) is 0.129. The van der Waals surface area contributed by atoms with Gasteiger partial charge in [0.25, 0.3) is 5.91 Å². The van der Waals surface area contributed by atoms with E-state index < -0.39 is 53.9 Å². The van der Waals surface area contributed by atoms with Crippen molar-refractivity contribution in [1.82, 2.24) is 25.6 Å². The molecule has 1 aromatic heterocycles. The molecule has 15 heteroatoms. The van der Waals surface area contributed by atoms with Crippen LogP contribution in [-0.2, 0) is 41.6 Å². The summed E-state index contributed by atoms with van der Waals surface area (Å²) in [5, 5.41) is 25.0. The lowest BCUT2D eigenvalue weighted by Gasteiger charge is -2.30. The molecule has 0 spiro atoms. The topological polar surface area (TPSA) is 206 Å². The zero-order chi connectivity index (χ0) is 41.5. The number of nitrogens with one attached hydrogen (secondary N) is 2. The minimum Gasteiger partial charge on any atom is -0.492 e. The predicted molar refractivity (Wildman–Crippen MR) is 212 cm³/mol. The van der Waals surface area contributed by atoms with Gasteiger partial charge in [-0.1, -0.05) is 55.5 Å². The molecule has 2 aromatic rings. The highest BCUT2D eigenvalue weighted by Gasteiger charge is 2.33. The first-order valence-electron chi connectivity index (χ1n) is 19.2. The van der Waals surface area contributed by atoms with Crippen LogP contribution in [0.25, 0.3) is 0 Å². The molecule has 2 heterocycles. The van der Waals surface area contributed by atoms with Crippen molar-refractivity contribution < 1.29 is 43.2 Å². The minimum atomic E-state index is -1.01. The van der Waals surface area contributed by atoms with Gasteiger partial charge in [0.2, 0.25) is 11.6 Å². The second kappa shape index (κ2) is 21.8. The number of ketones is 2. The number of aryl methyl sites for hydroxylation is 2. The number of ether oxygens (including phenoxy) is 4. The Labute approximate surface area is 334 Å². The molecule has 0 fully saturated rings. The molecule has 6 atom stereocenters. The van der Waals surface area contributed by atoms with E-state index in [4.69, 9.17) is 24.7 Å². The van der Waals surface area contributed by atoms with Crippen LogP contribution in [-0.4, -0.2) is 95.5 Å². The number of methoxy groups -OCH3 is 2.